The SMILES string of the molecule is CN(C)c1cccnc1-c1nc(C(=O)NCc2ccc(F)cc2)c(O)c(=O)n1C. The van der Waals surface area contributed by atoms with Crippen molar-refractivity contribution >= 4 is 11.6 Å². The summed E-state index contributed by atoms with van der Waals surface area (Å²) >= 11 is 0. The van der Waals surface area contributed by atoms with Crippen molar-refractivity contribution in [2.75, 3.05) is 19.0 Å². The van der Waals surface area contributed by atoms with E-state index in [1.54, 1.807) is 23.2 Å². The van der Waals surface area contributed by atoms with Gasteiger partial charge in [-0.15, -0.1) is 0 Å². The molecule has 2 heterocycles. The van der Waals surface area contributed by atoms with Crippen LogP contribution in [0.1, 0.15) is 16.1 Å². The van der Waals surface area contributed by atoms with Crippen molar-refractivity contribution in [3.8, 4) is 17.3 Å². The van der Waals surface area contributed by atoms with Gasteiger partial charge in [0.2, 0.25) is 5.75 Å². The predicted octanol–water partition coefficient (Wildman–Crippen LogP) is 1.68. The number of amides is 1. The molecule has 3 rings (SSSR count). The molecule has 0 aliphatic rings. The zero-order valence-electron chi connectivity index (χ0n) is 16.2. The molecule has 8 nitrogen and oxygen atoms in total. The van der Waals surface area contributed by atoms with Crippen molar-refractivity contribution in [2.24, 2.45) is 7.05 Å². The summed E-state index contributed by atoms with van der Waals surface area (Å²) in [7, 11) is 5.07. The Labute approximate surface area is 166 Å². The van der Waals surface area contributed by atoms with Crippen molar-refractivity contribution in [2.45, 2.75) is 6.54 Å². The monoisotopic (exact) mass is 397 g/mol. The molecule has 29 heavy (non-hydrogen) atoms. The molecule has 0 saturated heterocycles. The van der Waals surface area contributed by atoms with Crippen LogP contribution >= 0.6 is 0 Å². The van der Waals surface area contributed by atoms with Crippen molar-refractivity contribution in [1.82, 2.24) is 19.9 Å². The van der Waals surface area contributed by atoms with Gasteiger partial charge in [0.1, 0.15) is 11.5 Å². The smallest absolute Gasteiger partial charge is 0.296 e. The Morgan fingerprint density at radius 3 is 2.59 bits per heavy atom. The highest BCUT2D eigenvalue weighted by molar-refractivity contribution is 5.95. The van der Waals surface area contributed by atoms with Crippen LogP contribution in [0.5, 0.6) is 5.75 Å². The lowest BCUT2D eigenvalue weighted by molar-refractivity contribution is 0.0942. The average molecular weight is 397 g/mol. The van der Waals surface area contributed by atoms with Gasteiger partial charge in [-0.3, -0.25) is 19.1 Å². The number of anilines is 1. The average Bonchev–Trinajstić information content (AvgIpc) is 2.71. The second-order valence-corrected chi connectivity index (χ2v) is 6.57. The number of aromatic nitrogens is 3. The van der Waals surface area contributed by atoms with Crippen molar-refractivity contribution < 1.29 is 14.3 Å². The molecule has 0 bridgehead atoms. The van der Waals surface area contributed by atoms with E-state index in [9.17, 15) is 19.1 Å². The number of aromatic hydroxyl groups is 1. The lowest BCUT2D eigenvalue weighted by atomic mass is 10.2. The molecule has 0 radical (unpaired) electrons. The van der Waals surface area contributed by atoms with Gasteiger partial charge >= 0.3 is 0 Å². The van der Waals surface area contributed by atoms with Gasteiger partial charge in [0.15, 0.2) is 11.5 Å². The second kappa shape index (κ2) is 8.09. The molecule has 0 saturated carbocycles. The minimum Gasteiger partial charge on any atom is -0.501 e. The Kier molecular flexibility index (Phi) is 5.58. The summed E-state index contributed by atoms with van der Waals surface area (Å²) in [5.74, 6) is -1.73. The number of hydrogen-bond donors (Lipinski definition) is 2. The van der Waals surface area contributed by atoms with Crippen molar-refractivity contribution in [3.63, 3.8) is 0 Å². The number of nitrogens with one attached hydrogen (secondary N) is 1. The molecule has 0 unspecified atom stereocenters. The van der Waals surface area contributed by atoms with Crippen molar-refractivity contribution in [3.05, 3.63) is 70.0 Å². The third kappa shape index (κ3) is 4.08. The van der Waals surface area contributed by atoms with Crippen LogP contribution in [0.25, 0.3) is 11.5 Å². The molecule has 0 aliphatic carbocycles. The first-order valence-electron chi connectivity index (χ1n) is 8.75. The number of pyridine rings is 1. The summed E-state index contributed by atoms with van der Waals surface area (Å²) in [5, 5.41) is 12.8. The van der Waals surface area contributed by atoms with Gasteiger partial charge in [0, 0.05) is 33.9 Å². The molecule has 0 aliphatic heterocycles. The van der Waals surface area contributed by atoms with E-state index in [0.717, 1.165) is 4.57 Å². The Balaban J connectivity index is 1.99. The summed E-state index contributed by atoms with van der Waals surface area (Å²) in [5.41, 5.74) is 0.573. The molecule has 9 heteroatoms. The molecular weight excluding hydrogens is 377 g/mol. The maximum atomic E-state index is 13.0. The largest absolute Gasteiger partial charge is 0.501 e. The summed E-state index contributed by atoms with van der Waals surface area (Å²) in [6.45, 7) is 0.0807. The molecule has 150 valence electrons. The highest BCUT2D eigenvalue weighted by atomic mass is 19.1. The predicted molar refractivity (Wildman–Crippen MR) is 106 cm³/mol. The Hall–Kier alpha value is -3.75. The number of carbonyl (C=O) groups excluding carboxylic acids is 1. The summed E-state index contributed by atoms with van der Waals surface area (Å²) in [6.07, 6.45) is 1.55. The van der Waals surface area contributed by atoms with Gasteiger partial charge in [-0.1, -0.05) is 12.1 Å². The first-order chi connectivity index (χ1) is 13.8. The maximum Gasteiger partial charge on any atom is 0.296 e. The van der Waals surface area contributed by atoms with Crippen LogP contribution in [-0.2, 0) is 13.6 Å². The number of hydrogen-bond acceptors (Lipinski definition) is 6. The number of nitrogens with zero attached hydrogens (tertiary/aromatic N) is 4. The Morgan fingerprint density at radius 2 is 1.93 bits per heavy atom. The number of benzene rings is 1. The standard InChI is InChI=1S/C20H20FN5O3/c1-25(2)14-5-4-10-22-15(14)18-24-16(17(27)20(29)26(18)3)19(28)23-11-12-6-8-13(21)9-7-12/h4-10,27H,11H2,1-3H3,(H,23,28). The van der Waals surface area contributed by atoms with Gasteiger partial charge in [-0.2, -0.15) is 0 Å². The number of halogens is 1. The van der Waals surface area contributed by atoms with Crippen LogP contribution in [0.3, 0.4) is 0 Å². The molecule has 2 N–H and O–H groups in total. The maximum absolute atomic E-state index is 13.0. The normalized spacial score (nSPS) is 10.6. The molecule has 1 amide bonds. The van der Waals surface area contributed by atoms with Gasteiger partial charge in [-0.05, 0) is 29.8 Å². The molecule has 3 aromatic rings. The van der Waals surface area contributed by atoms with Crippen LogP contribution < -0.4 is 15.8 Å². The molecular formula is C20H20FN5O3. The van der Waals surface area contributed by atoms with Gasteiger partial charge in [0.25, 0.3) is 11.5 Å². The fraction of sp³-hybridized carbons (Fsp3) is 0.200. The topological polar surface area (TPSA) is 100 Å². The third-order valence-corrected chi connectivity index (χ3v) is 4.33. The summed E-state index contributed by atoms with van der Waals surface area (Å²) in [4.78, 5) is 35.4. The van der Waals surface area contributed by atoms with Crippen LogP contribution in [0.2, 0.25) is 0 Å². The van der Waals surface area contributed by atoms with E-state index in [0.29, 0.717) is 16.9 Å². The van der Waals surface area contributed by atoms with E-state index in [2.05, 4.69) is 15.3 Å². The van der Waals surface area contributed by atoms with Crippen molar-refractivity contribution in [1.29, 1.82) is 0 Å². The first kappa shape index (κ1) is 20.0. The molecule has 0 spiro atoms. The third-order valence-electron chi connectivity index (χ3n) is 4.33. The highest BCUT2D eigenvalue weighted by Gasteiger charge is 2.22. The minimum absolute atomic E-state index is 0.0807. The quantitative estimate of drug-likeness (QED) is 0.680. The fourth-order valence-corrected chi connectivity index (χ4v) is 2.76. The molecule has 1 aromatic carbocycles. The minimum atomic E-state index is -0.766. The highest BCUT2D eigenvalue weighted by Crippen LogP contribution is 2.26. The Bertz CT molecular complexity index is 1110. The lowest BCUT2D eigenvalue weighted by Gasteiger charge is -2.18. The van der Waals surface area contributed by atoms with Gasteiger partial charge in [-0.25, -0.2) is 9.37 Å². The first-order valence-corrected chi connectivity index (χ1v) is 8.75. The molecule has 0 fully saturated rings. The molecule has 2 aromatic heterocycles. The van der Waals surface area contributed by atoms with E-state index in [4.69, 9.17) is 0 Å². The second-order valence-electron chi connectivity index (χ2n) is 6.57. The van der Waals surface area contributed by atoms with Gasteiger partial charge < -0.3 is 15.3 Å². The Morgan fingerprint density at radius 1 is 1.24 bits per heavy atom. The number of rotatable bonds is 5. The van der Waals surface area contributed by atoms with Crippen LogP contribution in [-0.4, -0.2) is 39.6 Å². The van der Waals surface area contributed by atoms with Crippen LogP contribution in [0.15, 0.2) is 47.4 Å². The lowest BCUT2D eigenvalue weighted by Crippen LogP contribution is -2.29. The fourth-order valence-electron chi connectivity index (χ4n) is 2.76. The van der Waals surface area contributed by atoms with E-state index in [-0.39, 0.29) is 18.2 Å². The zero-order valence-corrected chi connectivity index (χ0v) is 16.2. The van der Waals surface area contributed by atoms with E-state index < -0.39 is 22.9 Å². The number of carbonyl (C=O) groups is 1. The van der Waals surface area contributed by atoms with Crippen LogP contribution in [0.4, 0.5) is 10.1 Å². The summed E-state index contributed by atoms with van der Waals surface area (Å²) in [6, 6.07) is 9.14. The molecule has 0 atom stereocenters. The van der Waals surface area contributed by atoms with E-state index >= 15 is 0 Å². The van der Waals surface area contributed by atoms with E-state index in [1.165, 1.54) is 31.3 Å². The zero-order chi connectivity index (χ0) is 21.1. The van der Waals surface area contributed by atoms with E-state index in [1.807, 2.05) is 14.1 Å². The van der Waals surface area contributed by atoms with Crippen LogP contribution in [0, 0.1) is 5.82 Å². The summed E-state index contributed by atoms with van der Waals surface area (Å²) < 4.78 is 14.1. The van der Waals surface area contributed by atoms with Gasteiger partial charge in [0.05, 0.1) is 5.69 Å².